The summed E-state index contributed by atoms with van der Waals surface area (Å²) in [7, 11) is 0. The molecule has 0 aliphatic rings. The lowest BCUT2D eigenvalue weighted by molar-refractivity contribution is 0.585. The predicted octanol–water partition coefficient (Wildman–Crippen LogP) is 1.47. The van der Waals surface area contributed by atoms with Crippen molar-refractivity contribution in [3.8, 4) is 0 Å². The van der Waals surface area contributed by atoms with Crippen molar-refractivity contribution in [2.75, 3.05) is 0 Å². The minimum atomic E-state index is -0.532. The summed E-state index contributed by atoms with van der Waals surface area (Å²) in [4.78, 5) is 7.30. The fraction of sp³-hybridized carbons (Fsp3) is 0. The molecule has 2 aromatic rings. The number of imidazole rings is 1. The van der Waals surface area contributed by atoms with Gasteiger partial charge in [-0.15, -0.1) is 0 Å². The molecular formula is C6H3FIN3. The second-order valence-corrected chi connectivity index (χ2v) is 3.10. The third-order valence-corrected chi connectivity index (χ3v) is 2.14. The van der Waals surface area contributed by atoms with E-state index in [1.54, 1.807) is 16.8 Å². The molecule has 11 heavy (non-hydrogen) atoms. The monoisotopic (exact) mass is 263 g/mol. The number of rotatable bonds is 0. The molecule has 3 nitrogen and oxygen atoms in total. The molecule has 0 bridgehead atoms. The van der Waals surface area contributed by atoms with Gasteiger partial charge in [0.2, 0.25) is 0 Å². The standard InChI is InChI=1S/C6H3FIN3/c7-5-6-10-3-4(8)11(6)2-1-9-5/h1-3H. The Labute approximate surface area is 75.4 Å². The van der Waals surface area contributed by atoms with Crippen molar-refractivity contribution in [3.05, 3.63) is 28.2 Å². The molecule has 0 saturated carbocycles. The summed E-state index contributed by atoms with van der Waals surface area (Å²) in [6.07, 6.45) is 4.68. The van der Waals surface area contributed by atoms with Gasteiger partial charge < -0.3 is 0 Å². The van der Waals surface area contributed by atoms with Crippen LogP contribution in [0.3, 0.4) is 0 Å². The molecule has 56 valence electrons. The highest BCUT2D eigenvalue weighted by molar-refractivity contribution is 14.1. The van der Waals surface area contributed by atoms with Crippen LogP contribution in [0.1, 0.15) is 0 Å². The Morgan fingerprint density at radius 2 is 2.27 bits per heavy atom. The maximum atomic E-state index is 12.8. The minimum Gasteiger partial charge on any atom is -0.290 e. The normalized spacial score (nSPS) is 10.7. The lowest BCUT2D eigenvalue weighted by Crippen LogP contribution is -1.92. The molecule has 0 atom stereocenters. The van der Waals surface area contributed by atoms with Gasteiger partial charge in [0, 0.05) is 12.4 Å². The van der Waals surface area contributed by atoms with Crippen LogP contribution in [-0.2, 0) is 0 Å². The van der Waals surface area contributed by atoms with Gasteiger partial charge in [-0.3, -0.25) is 4.40 Å². The zero-order valence-electron chi connectivity index (χ0n) is 5.33. The molecule has 5 heteroatoms. The van der Waals surface area contributed by atoms with Crippen LogP contribution in [0.4, 0.5) is 4.39 Å². The molecule has 0 N–H and O–H groups in total. The van der Waals surface area contributed by atoms with Crippen molar-refractivity contribution < 1.29 is 4.39 Å². The van der Waals surface area contributed by atoms with Crippen molar-refractivity contribution in [3.63, 3.8) is 0 Å². The van der Waals surface area contributed by atoms with E-state index >= 15 is 0 Å². The summed E-state index contributed by atoms with van der Waals surface area (Å²) in [6, 6.07) is 0. The molecule has 0 saturated heterocycles. The van der Waals surface area contributed by atoms with Crippen LogP contribution in [0.25, 0.3) is 5.65 Å². The highest BCUT2D eigenvalue weighted by atomic mass is 127. The molecule has 0 spiro atoms. The highest BCUT2D eigenvalue weighted by Gasteiger charge is 2.04. The minimum absolute atomic E-state index is 0.275. The molecule has 0 aliphatic heterocycles. The van der Waals surface area contributed by atoms with Crippen molar-refractivity contribution >= 4 is 28.2 Å². The van der Waals surface area contributed by atoms with E-state index in [4.69, 9.17) is 0 Å². The first-order chi connectivity index (χ1) is 5.29. The molecule has 2 rings (SSSR count). The zero-order chi connectivity index (χ0) is 7.84. The van der Waals surface area contributed by atoms with E-state index in [0.717, 1.165) is 3.70 Å². The van der Waals surface area contributed by atoms with Gasteiger partial charge in [-0.05, 0) is 22.6 Å². The second kappa shape index (κ2) is 2.40. The summed E-state index contributed by atoms with van der Waals surface area (Å²) < 4.78 is 15.3. The summed E-state index contributed by atoms with van der Waals surface area (Å²) in [5, 5.41) is 0. The molecule has 0 aromatic carbocycles. The predicted molar refractivity (Wildman–Crippen MR) is 45.7 cm³/mol. The number of aromatic nitrogens is 3. The van der Waals surface area contributed by atoms with Gasteiger partial charge >= 0.3 is 0 Å². The Morgan fingerprint density at radius 1 is 1.45 bits per heavy atom. The van der Waals surface area contributed by atoms with Crippen LogP contribution in [0.15, 0.2) is 18.6 Å². The molecule has 2 aromatic heterocycles. The van der Waals surface area contributed by atoms with Gasteiger partial charge in [0.05, 0.1) is 6.20 Å². The smallest absolute Gasteiger partial charge is 0.256 e. The topological polar surface area (TPSA) is 30.2 Å². The number of fused-ring (bicyclic) bond motifs is 1. The number of hydrogen-bond donors (Lipinski definition) is 0. The Morgan fingerprint density at radius 3 is 3.00 bits per heavy atom. The fourth-order valence-electron chi connectivity index (χ4n) is 0.858. The third kappa shape index (κ3) is 0.991. The van der Waals surface area contributed by atoms with Gasteiger partial charge in [-0.25, -0.2) is 9.97 Å². The van der Waals surface area contributed by atoms with Crippen molar-refractivity contribution in [2.24, 2.45) is 0 Å². The Kier molecular flexibility index (Phi) is 1.52. The largest absolute Gasteiger partial charge is 0.290 e. The summed E-state index contributed by atoms with van der Waals surface area (Å²) in [5.41, 5.74) is 0.275. The zero-order valence-corrected chi connectivity index (χ0v) is 7.49. The van der Waals surface area contributed by atoms with Crippen molar-refractivity contribution in [1.82, 2.24) is 14.4 Å². The van der Waals surface area contributed by atoms with Gasteiger partial charge in [-0.1, -0.05) is 0 Å². The first-order valence-electron chi connectivity index (χ1n) is 2.92. The van der Waals surface area contributed by atoms with Crippen LogP contribution in [0.5, 0.6) is 0 Å². The van der Waals surface area contributed by atoms with Crippen LogP contribution in [0, 0.1) is 9.65 Å². The number of hydrogen-bond acceptors (Lipinski definition) is 2. The first kappa shape index (κ1) is 6.96. The molecule has 2 heterocycles. The lowest BCUT2D eigenvalue weighted by Gasteiger charge is -1.92. The van der Waals surface area contributed by atoms with Crippen LogP contribution < -0.4 is 0 Å². The molecule has 0 aliphatic carbocycles. The lowest BCUT2D eigenvalue weighted by atomic mass is 10.7. The Balaban J connectivity index is 2.94. The summed E-state index contributed by atoms with van der Waals surface area (Å²) >= 11 is 2.08. The molecule has 0 fully saturated rings. The van der Waals surface area contributed by atoms with Gasteiger partial charge in [0.15, 0.2) is 5.65 Å². The fourth-order valence-corrected chi connectivity index (χ4v) is 1.39. The maximum Gasteiger partial charge on any atom is 0.256 e. The van der Waals surface area contributed by atoms with Crippen molar-refractivity contribution in [2.45, 2.75) is 0 Å². The highest BCUT2D eigenvalue weighted by Crippen LogP contribution is 2.09. The van der Waals surface area contributed by atoms with Crippen LogP contribution in [-0.4, -0.2) is 14.4 Å². The van der Waals surface area contributed by atoms with E-state index in [1.807, 2.05) is 0 Å². The molecule has 0 amide bonds. The first-order valence-corrected chi connectivity index (χ1v) is 4.00. The van der Waals surface area contributed by atoms with E-state index in [-0.39, 0.29) is 5.65 Å². The van der Waals surface area contributed by atoms with Crippen LogP contribution >= 0.6 is 22.6 Å². The SMILES string of the molecule is Fc1nccn2c(I)cnc12. The molecule has 0 unspecified atom stereocenters. The van der Waals surface area contributed by atoms with Gasteiger partial charge in [-0.2, -0.15) is 4.39 Å². The quantitative estimate of drug-likeness (QED) is 0.674. The van der Waals surface area contributed by atoms with E-state index < -0.39 is 5.95 Å². The molecule has 0 radical (unpaired) electrons. The van der Waals surface area contributed by atoms with E-state index in [2.05, 4.69) is 32.6 Å². The summed E-state index contributed by atoms with van der Waals surface area (Å²) in [6.45, 7) is 0. The summed E-state index contributed by atoms with van der Waals surface area (Å²) in [5.74, 6) is -0.532. The van der Waals surface area contributed by atoms with E-state index in [9.17, 15) is 4.39 Å². The number of halogens is 2. The van der Waals surface area contributed by atoms with E-state index in [1.165, 1.54) is 6.20 Å². The average Bonchev–Trinajstić information content (AvgIpc) is 2.35. The third-order valence-electron chi connectivity index (χ3n) is 1.34. The molecular weight excluding hydrogens is 260 g/mol. The van der Waals surface area contributed by atoms with Gasteiger partial charge in [0.25, 0.3) is 5.95 Å². The number of nitrogens with zero attached hydrogens (tertiary/aromatic N) is 3. The second-order valence-electron chi connectivity index (χ2n) is 1.99. The van der Waals surface area contributed by atoms with Crippen molar-refractivity contribution in [1.29, 1.82) is 0 Å². The van der Waals surface area contributed by atoms with Crippen LogP contribution in [0.2, 0.25) is 0 Å². The Bertz CT molecular complexity index is 398. The average molecular weight is 263 g/mol. The van der Waals surface area contributed by atoms with Gasteiger partial charge in [0.1, 0.15) is 3.70 Å². The Hall–Kier alpha value is -0.720. The maximum absolute atomic E-state index is 12.8. The van der Waals surface area contributed by atoms with E-state index in [0.29, 0.717) is 0 Å².